The zero-order valence-electron chi connectivity index (χ0n) is 9.85. The number of hydrogen-bond donors (Lipinski definition) is 1. The van der Waals surface area contributed by atoms with Gasteiger partial charge in [-0.15, -0.1) is 11.3 Å². The van der Waals surface area contributed by atoms with Crippen LogP contribution in [0.15, 0.2) is 35.8 Å². The van der Waals surface area contributed by atoms with Gasteiger partial charge in [0.1, 0.15) is 10.8 Å². The van der Waals surface area contributed by atoms with Crippen molar-refractivity contribution < 1.29 is 4.74 Å². The molecule has 0 atom stereocenters. The molecule has 0 aliphatic heterocycles. The van der Waals surface area contributed by atoms with Crippen molar-refractivity contribution in [2.45, 2.75) is 19.9 Å². The summed E-state index contributed by atoms with van der Waals surface area (Å²) in [5.41, 5.74) is 1.02. The van der Waals surface area contributed by atoms with Gasteiger partial charge in [0.2, 0.25) is 0 Å². The molecule has 3 nitrogen and oxygen atoms in total. The number of benzene rings is 1. The SMILES string of the molecule is CCCOc1ccccc1NCc1nccs1. The van der Waals surface area contributed by atoms with E-state index in [0.717, 1.165) is 36.0 Å². The highest BCUT2D eigenvalue weighted by molar-refractivity contribution is 7.09. The molecule has 0 radical (unpaired) electrons. The zero-order chi connectivity index (χ0) is 11.9. The summed E-state index contributed by atoms with van der Waals surface area (Å²) in [6.07, 6.45) is 2.84. The van der Waals surface area contributed by atoms with Crippen LogP contribution in [0.1, 0.15) is 18.4 Å². The minimum Gasteiger partial charge on any atom is -0.491 e. The van der Waals surface area contributed by atoms with Crippen LogP contribution in [0.25, 0.3) is 0 Å². The van der Waals surface area contributed by atoms with Crippen LogP contribution in [-0.2, 0) is 6.54 Å². The van der Waals surface area contributed by atoms with Crippen molar-refractivity contribution in [1.82, 2.24) is 4.98 Å². The Labute approximate surface area is 105 Å². The summed E-state index contributed by atoms with van der Waals surface area (Å²) in [4.78, 5) is 4.24. The van der Waals surface area contributed by atoms with Crippen molar-refractivity contribution >= 4 is 17.0 Å². The molecule has 17 heavy (non-hydrogen) atoms. The van der Waals surface area contributed by atoms with Gasteiger partial charge < -0.3 is 10.1 Å². The summed E-state index contributed by atoms with van der Waals surface area (Å²) >= 11 is 1.65. The number of nitrogens with one attached hydrogen (secondary N) is 1. The molecule has 0 bridgehead atoms. The molecule has 2 aromatic rings. The second kappa shape index (κ2) is 6.25. The minimum atomic E-state index is 0.740. The lowest BCUT2D eigenvalue weighted by atomic mass is 10.3. The monoisotopic (exact) mass is 248 g/mol. The van der Waals surface area contributed by atoms with Gasteiger partial charge in [-0.3, -0.25) is 0 Å². The summed E-state index contributed by atoms with van der Waals surface area (Å²) in [7, 11) is 0. The van der Waals surface area contributed by atoms with E-state index in [1.807, 2.05) is 35.8 Å². The van der Waals surface area contributed by atoms with Crippen LogP contribution in [0, 0.1) is 0 Å². The first-order valence-electron chi connectivity index (χ1n) is 5.74. The van der Waals surface area contributed by atoms with Crippen LogP contribution in [-0.4, -0.2) is 11.6 Å². The summed E-state index contributed by atoms with van der Waals surface area (Å²) in [5.74, 6) is 0.908. The fraction of sp³-hybridized carbons (Fsp3) is 0.308. The van der Waals surface area contributed by atoms with Gasteiger partial charge in [-0.05, 0) is 18.6 Å². The standard InChI is InChI=1S/C13H16N2OS/c1-2-8-16-12-6-4-3-5-11(12)15-10-13-14-7-9-17-13/h3-7,9,15H,2,8,10H2,1H3. The molecule has 0 fully saturated rings. The van der Waals surface area contributed by atoms with Gasteiger partial charge >= 0.3 is 0 Å². The van der Waals surface area contributed by atoms with E-state index in [-0.39, 0.29) is 0 Å². The number of aromatic nitrogens is 1. The van der Waals surface area contributed by atoms with Crippen LogP contribution in [0.4, 0.5) is 5.69 Å². The van der Waals surface area contributed by atoms with Gasteiger partial charge in [0.05, 0.1) is 18.8 Å². The van der Waals surface area contributed by atoms with E-state index in [4.69, 9.17) is 4.74 Å². The Morgan fingerprint density at radius 1 is 1.35 bits per heavy atom. The van der Waals surface area contributed by atoms with Gasteiger partial charge in [-0.2, -0.15) is 0 Å². The third kappa shape index (κ3) is 3.46. The molecule has 2 rings (SSSR count). The van der Waals surface area contributed by atoms with Crippen LogP contribution in [0.5, 0.6) is 5.75 Å². The third-order valence-electron chi connectivity index (χ3n) is 2.26. The van der Waals surface area contributed by atoms with Crippen molar-refractivity contribution in [1.29, 1.82) is 0 Å². The van der Waals surface area contributed by atoms with Gasteiger partial charge in [0.25, 0.3) is 0 Å². The Bertz CT molecular complexity index is 442. The first-order chi connectivity index (χ1) is 8.40. The topological polar surface area (TPSA) is 34.1 Å². The third-order valence-corrected chi connectivity index (χ3v) is 3.04. The summed E-state index contributed by atoms with van der Waals surface area (Å²) in [6.45, 7) is 3.59. The van der Waals surface area contributed by atoms with Gasteiger partial charge in [-0.1, -0.05) is 19.1 Å². The van der Waals surface area contributed by atoms with Gasteiger partial charge in [0.15, 0.2) is 0 Å². The number of rotatable bonds is 6. The predicted molar refractivity (Wildman–Crippen MR) is 71.7 cm³/mol. The Morgan fingerprint density at radius 2 is 2.24 bits per heavy atom. The molecule has 1 N–H and O–H groups in total. The van der Waals surface area contributed by atoms with Gasteiger partial charge in [0, 0.05) is 11.6 Å². The molecule has 1 aromatic heterocycles. The molecule has 4 heteroatoms. The average molecular weight is 248 g/mol. The molecular weight excluding hydrogens is 232 g/mol. The fourth-order valence-corrected chi connectivity index (χ4v) is 2.02. The molecule has 0 saturated carbocycles. The molecule has 0 aliphatic rings. The maximum atomic E-state index is 5.68. The molecule has 90 valence electrons. The van der Waals surface area contributed by atoms with E-state index in [2.05, 4.69) is 17.2 Å². The van der Waals surface area contributed by atoms with Crippen molar-refractivity contribution in [3.05, 3.63) is 40.8 Å². The number of nitrogens with zero attached hydrogens (tertiary/aromatic N) is 1. The first kappa shape index (κ1) is 11.9. The lowest BCUT2D eigenvalue weighted by Crippen LogP contribution is -2.03. The number of hydrogen-bond acceptors (Lipinski definition) is 4. The molecular formula is C13H16N2OS. The number of para-hydroxylation sites is 2. The maximum Gasteiger partial charge on any atom is 0.142 e. The highest BCUT2D eigenvalue weighted by atomic mass is 32.1. The number of ether oxygens (including phenoxy) is 1. The van der Waals surface area contributed by atoms with E-state index < -0.39 is 0 Å². The van der Waals surface area contributed by atoms with Crippen molar-refractivity contribution in [3.8, 4) is 5.75 Å². The van der Waals surface area contributed by atoms with Crippen molar-refractivity contribution in [2.24, 2.45) is 0 Å². The fourth-order valence-electron chi connectivity index (χ4n) is 1.46. The average Bonchev–Trinajstić information content (AvgIpc) is 2.88. The molecule has 1 heterocycles. The summed E-state index contributed by atoms with van der Waals surface area (Å²) < 4.78 is 5.68. The van der Waals surface area contributed by atoms with E-state index in [1.165, 1.54) is 0 Å². The van der Waals surface area contributed by atoms with E-state index in [0.29, 0.717) is 0 Å². The molecule has 1 aromatic carbocycles. The summed E-state index contributed by atoms with van der Waals surface area (Å²) in [6, 6.07) is 8.00. The molecule has 0 aliphatic carbocycles. The maximum absolute atomic E-state index is 5.68. The van der Waals surface area contributed by atoms with Crippen LogP contribution < -0.4 is 10.1 Å². The smallest absolute Gasteiger partial charge is 0.142 e. The molecule has 0 saturated heterocycles. The van der Waals surface area contributed by atoms with Crippen molar-refractivity contribution in [3.63, 3.8) is 0 Å². The van der Waals surface area contributed by atoms with E-state index >= 15 is 0 Å². The zero-order valence-corrected chi connectivity index (χ0v) is 10.7. The van der Waals surface area contributed by atoms with Gasteiger partial charge in [-0.25, -0.2) is 4.98 Å². The quantitative estimate of drug-likeness (QED) is 0.849. The Balaban J connectivity index is 1.99. The normalized spacial score (nSPS) is 10.2. The number of thiazole rings is 1. The highest BCUT2D eigenvalue weighted by Gasteiger charge is 2.02. The Kier molecular flexibility index (Phi) is 4.38. The molecule has 0 spiro atoms. The second-order valence-electron chi connectivity index (χ2n) is 3.62. The number of anilines is 1. The Hall–Kier alpha value is -1.55. The molecule has 0 amide bonds. The Morgan fingerprint density at radius 3 is 3.00 bits per heavy atom. The van der Waals surface area contributed by atoms with Crippen molar-refractivity contribution in [2.75, 3.05) is 11.9 Å². The van der Waals surface area contributed by atoms with Crippen LogP contribution >= 0.6 is 11.3 Å². The largest absolute Gasteiger partial charge is 0.491 e. The van der Waals surface area contributed by atoms with Crippen LogP contribution in [0.2, 0.25) is 0 Å². The lowest BCUT2D eigenvalue weighted by Gasteiger charge is -2.11. The van der Waals surface area contributed by atoms with E-state index in [1.54, 1.807) is 11.3 Å². The van der Waals surface area contributed by atoms with E-state index in [9.17, 15) is 0 Å². The lowest BCUT2D eigenvalue weighted by molar-refractivity contribution is 0.319. The highest BCUT2D eigenvalue weighted by Crippen LogP contribution is 2.24. The first-order valence-corrected chi connectivity index (χ1v) is 6.62. The predicted octanol–water partition coefficient (Wildman–Crippen LogP) is 3.54. The second-order valence-corrected chi connectivity index (χ2v) is 4.60. The minimum absolute atomic E-state index is 0.740. The summed E-state index contributed by atoms with van der Waals surface area (Å²) in [5, 5.41) is 6.41. The molecule has 0 unspecified atom stereocenters. The van der Waals surface area contributed by atoms with Crippen LogP contribution in [0.3, 0.4) is 0 Å².